The zero-order valence-electron chi connectivity index (χ0n) is 11.6. The molecule has 0 aliphatic heterocycles. The van der Waals surface area contributed by atoms with E-state index in [0.717, 1.165) is 17.7 Å². The molecule has 2 heterocycles. The van der Waals surface area contributed by atoms with Gasteiger partial charge in [0.25, 0.3) is 5.91 Å². The van der Waals surface area contributed by atoms with Gasteiger partial charge >= 0.3 is 0 Å². The van der Waals surface area contributed by atoms with Crippen LogP contribution in [0.2, 0.25) is 5.02 Å². The summed E-state index contributed by atoms with van der Waals surface area (Å²) in [6.45, 7) is 2.08. The van der Waals surface area contributed by atoms with Crippen LogP contribution in [0.5, 0.6) is 0 Å². The number of nitrogens with two attached hydrogens (primary N) is 1. The summed E-state index contributed by atoms with van der Waals surface area (Å²) < 4.78 is 0. The van der Waals surface area contributed by atoms with Gasteiger partial charge in [-0.2, -0.15) is 0 Å². The number of carbonyl (C=O) groups excluding carboxylic acids is 1. The molecule has 2 aromatic heterocycles. The highest BCUT2D eigenvalue weighted by Gasteiger charge is 2.19. The van der Waals surface area contributed by atoms with Crippen LogP contribution in [0.15, 0.2) is 29.6 Å². The van der Waals surface area contributed by atoms with Crippen molar-refractivity contribution in [2.45, 2.75) is 25.8 Å². The molecule has 0 bridgehead atoms. The molecule has 112 valence electrons. The van der Waals surface area contributed by atoms with Crippen molar-refractivity contribution in [2.75, 3.05) is 5.43 Å². The van der Waals surface area contributed by atoms with E-state index in [-0.39, 0.29) is 17.6 Å². The third-order valence-electron chi connectivity index (χ3n) is 2.98. The number of nitrogens with zero attached hydrogens (tertiary/aromatic N) is 1. The monoisotopic (exact) mass is 324 g/mol. The van der Waals surface area contributed by atoms with Crippen LogP contribution in [-0.2, 0) is 0 Å². The van der Waals surface area contributed by atoms with Gasteiger partial charge in [-0.05, 0) is 30.0 Å². The van der Waals surface area contributed by atoms with Crippen molar-refractivity contribution in [3.63, 3.8) is 0 Å². The second-order valence-corrected chi connectivity index (χ2v) is 5.89. The molecule has 2 aromatic rings. The molecule has 0 fully saturated rings. The normalized spacial score (nSPS) is 12.0. The number of thiophene rings is 1. The maximum atomic E-state index is 12.4. The van der Waals surface area contributed by atoms with E-state index in [1.54, 1.807) is 23.5 Å². The van der Waals surface area contributed by atoms with E-state index in [4.69, 9.17) is 17.4 Å². The first-order chi connectivity index (χ1) is 10.2. The maximum absolute atomic E-state index is 12.4. The molecule has 1 atom stereocenters. The second kappa shape index (κ2) is 7.40. The maximum Gasteiger partial charge on any atom is 0.272 e. The van der Waals surface area contributed by atoms with Crippen molar-refractivity contribution in [2.24, 2.45) is 5.84 Å². The Bertz CT molecular complexity index is 603. The van der Waals surface area contributed by atoms with Gasteiger partial charge in [0.2, 0.25) is 0 Å². The van der Waals surface area contributed by atoms with Crippen molar-refractivity contribution in [3.8, 4) is 0 Å². The minimum Gasteiger partial charge on any atom is -0.343 e. The Labute approximate surface area is 132 Å². The Morgan fingerprint density at radius 1 is 1.48 bits per heavy atom. The van der Waals surface area contributed by atoms with E-state index in [2.05, 4.69) is 22.7 Å². The average Bonchev–Trinajstić information content (AvgIpc) is 3.01. The minimum absolute atomic E-state index is 0.0325. The summed E-state index contributed by atoms with van der Waals surface area (Å²) in [6.07, 6.45) is 1.83. The summed E-state index contributed by atoms with van der Waals surface area (Å²) in [5, 5.41) is 5.28. The lowest BCUT2D eigenvalue weighted by Gasteiger charge is -2.17. The number of amides is 1. The molecular formula is C14H17ClN4OS. The number of hydrazine groups is 1. The molecule has 7 heteroatoms. The number of nitrogen functional groups attached to an aromatic ring is 1. The van der Waals surface area contributed by atoms with E-state index in [0.29, 0.717) is 10.8 Å². The molecule has 0 saturated carbocycles. The van der Waals surface area contributed by atoms with E-state index in [1.807, 2.05) is 17.5 Å². The van der Waals surface area contributed by atoms with Crippen LogP contribution in [0, 0.1) is 0 Å². The van der Waals surface area contributed by atoms with Gasteiger partial charge in [0.15, 0.2) is 0 Å². The predicted octanol–water partition coefficient (Wildman–Crippen LogP) is 3.35. The standard InChI is InChI=1S/C14H17ClN4OS/c1-2-4-10(11-5-3-8-21-11)17-14(20)13-9(15)6-7-12(18-13)19-16/h3,5-8,10H,2,4,16H2,1H3,(H,17,20)(H,18,19). The molecule has 1 amide bonds. The second-order valence-electron chi connectivity index (χ2n) is 4.50. The van der Waals surface area contributed by atoms with Crippen LogP contribution in [0.4, 0.5) is 5.82 Å². The van der Waals surface area contributed by atoms with E-state index >= 15 is 0 Å². The lowest BCUT2D eigenvalue weighted by Crippen LogP contribution is -2.29. The van der Waals surface area contributed by atoms with Crippen molar-refractivity contribution >= 4 is 34.7 Å². The molecule has 0 radical (unpaired) electrons. The smallest absolute Gasteiger partial charge is 0.272 e. The first-order valence-electron chi connectivity index (χ1n) is 6.63. The summed E-state index contributed by atoms with van der Waals surface area (Å²) in [7, 11) is 0. The number of hydrogen-bond donors (Lipinski definition) is 3. The first kappa shape index (κ1) is 15.8. The third kappa shape index (κ3) is 3.93. The number of pyridine rings is 1. The molecule has 4 N–H and O–H groups in total. The number of hydrogen-bond acceptors (Lipinski definition) is 5. The van der Waals surface area contributed by atoms with Gasteiger partial charge in [-0.25, -0.2) is 10.8 Å². The topological polar surface area (TPSA) is 80.0 Å². The molecule has 0 aromatic carbocycles. The third-order valence-corrected chi connectivity index (χ3v) is 4.27. The lowest BCUT2D eigenvalue weighted by molar-refractivity contribution is 0.0930. The Morgan fingerprint density at radius 2 is 2.29 bits per heavy atom. The molecule has 21 heavy (non-hydrogen) atoms. The fraction of sp³-hybridized carbons (Fsp3) is 0.286. The van der Waals surface area contributed by atoms with Crippen molar-refractivity contribution < 1.29 is 4.79 Å². The minimum atomic E-state index is -0.302. The number of anilines is 1. The summed E-state index contributed by atoms with van der Waals surface area (Å²) in [5.74, 6) is 5.40. The van der Waals surface area contributed by atoms with Gasteiger partial charge in [-0.3, -0.25) is 4.79 Å². The van der Waals surface area contributed by atoms with Crippen molar-refractivity contribution in [1.29, 1.82) is 0 Å². The van der Waals surface area contributed by atoms with Crippen LogP contribution in [0.1, 0.15) is 41.2 Å². The van der Waals surface area contributed by atoms with Crippen molar-refractivity contribution in [1.82, 2.24) is 10.3 Å². The Balaban J connectivity index is 2.19. The molecule has 0 aliphatic rings. The van der Waals surface area contributed by atoms with E-state index in [1.165, 1.54) is 0 Å². The molecule has 5 nitrogen and oxygen atoms in total. The number of aromatic nitrogens is 1. The highest BCUT2D eigenvalue weighted by Crippen LogP contribution is 2.24. The fourth-order valence-electron chi connectivity index (χ4n) is 1.97. The molecule has 2 rings (SSSR count). The summed E-state index contributed by atoms with van der Waals surface area (Å²) in [5.41, 5.74) is 2.58. The average molecular weight is 325 g/mol. The van der Waals surface area contributed by atoms with Gasteiger partial charge in [0.05, 0.1) is 11.1 Å². The predicted molar refractivity (Wildman–Crippen MR) is 86.5 cm³/mol. The van der Waals surface area contributed by atoms with Gasteiger partial charge < -0.3 is 10.7 Å². The van der Waals surface area contributed by atoms with Gasteiger partial charge in [0, 0.05) is 4.88 Å². The summed E-state index contributed by atoms with van der Waals surface area (Å²) in [4.78, 5) is 17.6. The summed E-state index contributed by atoms with van der Waals surface area (Å²) >= 11 is 7.66. The highest BCUT2D eigenvalue weighted by atomic mass is 35.5. The SMILES string of the molecule is CCCC(NC(=O)c1nc(NN)ccc1Cl)c1cccs1. The van der Waals surface area contributed by atoms with Gasteiger partial charge in [-0.1, -0.05) is 31.0 Å². The Kier molecular flexibility index (Phi) is 5.55. The largest absolute Gasteiger partial charge is 0.343 e. The fourth-order valence-corrected chi connectivity index (χ4v) is 2.98. The molecule has 0 spiro atoms. The van der Waals surface area contributed by atoms with Crippen LogP contribution >= 0.6 is 22.9 Å². The van der Waals surface area contributed by atoms with Gasteiger partial charge in [0.1, 0.15) is 11.5 Å². The van der Waals surface area contributed by atoms with E-state index in [9.17, 15) is 4.79 Å². The Morgan fingerprint density at radius 3 is 2.90 bits per heavy atom. The first-order valence-corrected chi connectivity index (χ1v) is 7.89. The zero-order chi connectivity index (χ0) is 15.2. The summed E-state index contributed by atoms with van der Waals surface area (Å²) in [6, 6.07) is 7.16. The number of nitrogens with one attached hydrogen (secondary N) is 2. The Hall–Kier alpha value is -1.63. The quantitative estimate of drug-likeness (QED) is 0.562. The number of rotatable bonds is 6. The molecule has 1 unspecified atom stereocenters. The van der Waals surface area contributed by atoms with Crippen molar-refractivity contribution in [3.05, 3.63) is 45.2 Å². The number of halogens is 1. The lowest BCUT2D eigenvalue weighted by atomic mass is 10.1. The highest BCUT2D eigenvalue weighted by molar-refractivity contribution is 7.10. The van der Waals surface area contributed by atoms with Crippen LogP contribution in [0.3, 0.4) is 0 Å². The zero-order valence-corrected chi connectivity index (χ0v) is 13.2. The van der Waals surface area contributed by atoms with Crippen LogP contribution in [-0.4, -0.2) is 10.9 Å². The molecule has 0 aliphatic carbocycles. The molecular weight excluding hydrogens is 308 g/mol. The molecule has 0 saturated heterocycles. The number of carbonyl (C=O) groups is 1. The van der Waals surface area contributed by atoms with Crippen LogP contribution < -0.4 is 16.6 Å². The van der Waals surface area contributed by atoms with E-state index < -0.39 is 0 Å². The van der Waals surface area contributed by atoms with Crippen LogP contribution in [0.25, 0.3) is 0 Å². The van der Waals surface area contributed by atoms with Gasteiger partial charge in [-0.15, -0.1) is 11.3 Å².